The molecule has 16 heavy (non-hydrogen) atoms. The molecule has 0 unspecified atom stereocenters. The van der Waals surface area contributed by atoms with E-state index in [1.54, 1.807) is 0 Å². The first kappa shape index (κ1) is 10.3. The van der Waals surface area contributed by atoms with Crippen molar-refractivity contribution in [3.8, 4) is 11.1 Å². The first-order valence-electron chi connectivity index (χ1n) is 4.76. The molecule has 0 fully saturated rings. The molecule has 0 amide bonds. The van der Waals surface area contributed by atoms with Crippen molar-refractivity contribution < 1.29 is 4.52 Å². The second-order valence-electron chi connectivity index (χ2n) is 3.23. The van der Waals surface area contributed by atoms with Crippen LogP contribution in [0.5, 0.6) is 0 Å². The van der Waals surface area contributed by atoms with Crippen molar-refractivity contribution in [1.29, 1.82) is 0 Å². The van der Waals surface area contributed by atoms with E-state index in [1.165, 1.54) is 0 Å². The highest BCUT2D eigenvalue weighted by Gasteiger charge is 2.13. The van der Waals surface area contributed by atoms with E-state index in [4.69, 9.17) is 10.1 Å². The number of azide groups is 1. The van der Waals surface area contributed by atoms with Crippen molar-refractivity contribution in [3.05, 3.63) is 52.2 Å². The van der Waals surface area contributed by atoms with Crippen LogP contribution in [0.1, 0.15) is 11.5 Å². The van der Waals surface area contributed by atoms with Crippen molar-refractivity contribution in [2.75, 3.05) is 0 Å². The third-order valence-corrected chi connectivity index (χ3v) is 2.20. The maximum absolute atomic E-state index is 8.29. The van der Waals surface area contributed by atoms with Crippen LogP contribution in [0.3, 0.4) is 0 Å². The fourth-order valence-corrected chi connectivity index (χ4v) is 1.52. The lowest BCUT2D eigenvalue weighted by Gasteiger charge is -1.99. The van der Waals surface area contributed by atoms with Crippen LogP contribution in [0.15, 0.2) is 33.9 Å². The molecule has 1 aromatic heterocycles. The standard InChI is InChI=1S/C11H9N4O/c1-8-11(9-5-3-2-4-6-9)10(14-16-8)7-13-15-12/h2-5H,7H2,1H3. The summed E-state index contributed by atoms with van der Waals surface area (Å²) in [6.07, 6.45) is 0. The summed E-state index contributed by atoms with van der Waals surface area (Å²) < 4.78 is 5.09. The zero-order valence-corrected chi connectivity index (χ0v) is 8.71. The van der Waals surface area contributed by atoms with Crippen molar-refractivity contribution in [3.63, 3.8) is 0 Å². The van der Waals surface area contributed by atoms with E-state index < -0.39 is 0 Å². The molecule has 5 nitrogen and oxygen atoms in total. The normalized spacial score (nSPS) is 9.81. The van der Waals surface area contributed by atoms with Crippen LogP contribution in [-0.4, -0.2) is 5.16 Å². The van der Waals surface area contributed by atoms with Crippen LogP contribution in [0, 0.1) is 13.0 Å². The van der Waals surface area contributed by atoms with Gasteiger partial charge in [0.15, 0.2) is 0 Å². The molecule has 2 rings (SSSR count). The SMILES string of the molecule is Cc1onc(CN=[N+]=[N-])c1-c1[c]cccc1. The van der Waals surface area contributed by atoms with E-state index in [0.717, 1.165) is 11.1 Å². The van der Waals surface area contributed by atoms with Gasteiger partial charge in [0.2, 0.25) is 0 Å². The molecular formula is C11H9N4O. The topological polar surface area (TPSA) is 74.8 Å². The third kappa shape index (κ3) is 1.89. The maximum atomic E-state index is 8.29. The van der Waals surface area contributed by atoms with Gasteiger partial charge >= 0.3 is 0 Å². The van der Waals surface area contributed by atoms with E-state index in [0.29, 0.717) is 11.5 Å². The summed E-state index contributed by atoms with van der Waals surface area (Å²) in [4.78, 5) is 2.71. The van der Waals surface area contributed by atoms with Crippen molar-refractivity contribution in [2.24, 2.45) is 5.11 Å². The van der Waals surface area contributed by atoms with Crippen LogP contribution in [-0.2, 0) is 6.54 Å². The minimum atomic E-state index is 0.186. The fraction of sp³-hybridized carbons (Fsp3) is 0.182. The lowest BCUT2D eigenvalue weighted by atomic mass is 10.0. The molecule has 1 radical (unpaired) electrons. The molecule has 1 heterocycles. The van der Waals surface area contributed by atoms with Crippen LogP contribution >= 0.6 is 0 Å². The molecule has 0 aliphatic heterocycles. The molecule has 0 N–H and O–H groups in total. The first-order valence-corrected chi connectivity index (χ1v) is 4.76. The molecule has 5 heteroatoms. The number of rotatable bonds is 3. The predicted molar refractivity (Wildman–Crippen MR) is 58.4 cm³/mol. The highest BCUT2D eigenvalue weighted by atomic mass is 16.5. The monoisotopic (exact) mass is 213 g/mol. The van der Waals surface area contributed by atoms with Crippen molar-refractivity contribution in [1.82, 2.24) is 5.16 Å². The number of aromatic nitrogens is 1. The smallest absolute Gasteiger partial charge is 0.141 e. The van der Waals surface area contributed by atoms with E-state index in [9.17, 15) is 0 Å². The zero-order chi connectivity index (χ0) is 11.4. The Kier molecular flexibility index (Phi) is 2.89. The molecule has 2 aromatic rings. The number of hydrogen-bond donors (Lipinski definition) is 0. The number of aryl methyl sites for hydroxylation is 1. The Bertz CT molecular complexity index is 526. The third-order valence-electron chi connectivity index (χ3n) is 2.20. The van der Waals surface area contributed by atoms with Gasteiger partial charge in [0, 0.05) is 10.5 Å². The minimum absolute atomic E-state index is 0.186. The Labute approximate surface area is 92.3 Å². The van der Waals surface area contributed by atoms with Gasteiger partial charge in [-0.15, -0.1) is 0 Å². The summed E-state index contributed by atoms with van der Waals surface area (Å²) in [6.45, 7) is 2.01. The second kappa shape index (κ2) is 4.51. The number of benzene rings is 1. The minimum Gasteiger partial charge on any atom is -0.361 e. The lowest BCUT2D eigenvalue weighted by Crippen LogP contribution is -1.86. The molecule has 0 atom stereocenters. The van der Waals surface area contributed by atoms with Gasteiger partial charge in [-0.3, -0.25) is 0 Å². The average Bonchev–Trinajstić information content (AvgIpc) is 2.69. The summed E-state index contributed by atoms with van der Waals surface area (Å²) in [6, 6.07) is 10.6. The Morgan fingerprint density at radius 3 is 3.12 bits per heavy atom. The van der Waals surface area contributed by atoms with Gasteiger partial charge < -0.3 is 4.52 Å². The largest absolute Gasteiger partial charge is 0.361 e. The molecule has 0 bridgehead atoms. The van der Waals surface area contributed by atoms with E-state index >= 15 is 0 Å². The van der Waals surface area contributed by atoms with Crippen molar-refractivity contribution in [2.45, 2.75) is 13.5 Å². The summed E-state index contributed by atoms with van der Waals surface area (Å²) in [5.74, 6) is 0.700. The summed E-state index contributed by atoms with van der Waals surface area (Å²) in [5, 5.41) is 7.36. The highest BCUT2D eigenvalue weighted by molar-refractivity contribution is 5.66. The fourth-order valence-electron chi connectivity index (χ4n) is 1.52. The van der Waals surface area contributed by atoms with Crippen LogP contribution in [0.2, 0.25) is 0 Å². The van der Waals surface area contributed by atoms with Gasteiger partial charge in [-0.05, 0) is 24.1 Å². The lowest BCUT2D eigenvalue weighted by molar-refractivity contribution is 0.391. The van der Waals surface area contributed by atoms with Crippen LogP contribution in [0.4, 0.5) is 0 Å². The van der Waals surface area contributed by atoms with Crippen LogP contribution in [0.25, 0.3) is 21.6 Å². The maximum Gasteiger partial charge on any atom is 0.141 e. The Morgan fingerprint density at radius 1 is 1.56 bits per heavy atom. The van der Waals surface area contributed by atoms with Gasteiger partial charge in [-0.25, -0.2) is 0 Å². The van der Waals surface area contributed by atoms with Gasteiger partial charge in [0.05, 0.1) is 12.2 Å². The second-order valence-corrected chi connectivity index (χ2v) is 3.23. The Morgan fingerprint density at radius 2 is 2.44 bits per heavy atom. The van der Waals surface area contributed by atoms with E-state index in [1.807, 2.05) is 31.2 Å². The Balaban J connectivity index is 2.47. The average molecular weight is 213 g/mol. The molecule has 1 aromatic carbocycles. The summed E-state index contributed by atoms with van der Waals surface area (Å²) in [7, 11) is 0. The molecule has 0 saturated carbocycles. The molecule has 0 aliphatic rings. The number of hydrogen-bond acceptors (Lipinski definition) is 3. The predicted octanol–water partition coefficient (Wildman–Crippen LogP) is 3.26. The summed E-state index contributed by atoms with van der Waals surface area (Å²) >= 11 is 0. The van der Waals surface area contributed by atoms with Gasteiger partial charge in [0.25, 0.3) is 0 Å². The molecule has 0 saturated heterocycles. The van der Waals surface area contributed by atoms with E-state index in [2.05, 4.69) is 21.2 Å². The van der Waals surface area contributed by atoms with Gasteiger partial charge in [-0.1, -0.05) is 34.5 Å². The highest BCUT2D eigenvalue weighted by Crippen LogP contribution is 2.27. The van der Waals surface area contributed by atoms with E-state index in [-0.39, 0.29) is 6.54 Å². The quantitative estimate of drug-likeness (QED) is 0.445. The van der Waals surface area contributed by atoms with Crippen molar-refractivity contribution >= 4 is 0 Å². The van der Waals surface area contributed by atoms with Gasteiger partial charge in [0.1, 0.15) is 5.76 Å². The summed E-state index contributed by atoms with van der Waals surface area (Å²) in [5.41, 5.74) is 10.7. The van der Waals surface area contributed by atoms with Gasteiger partial charge in [-0.2, -0.15) is 0 Å². The molecule has 0 aliphatic carbocycles. The Hall–Kier alpha value is -2.26. The first-order chi connectivity index (χ1) is 7.83. The molecule has 79 valence electrons. The molecular weight excluding hydrogens is 204 g/mol. The van der Waals surface area contributed by atoms with Crippen LogP contribution < -0.4 is 0 Å². The number of nitrogens with zero attached hydrogens (tertiary/aromatic N) is 4. The zero-order valence-electron chi connectivity index (χ0n) is 8.71. The molecule has 0 spiro atoms.